The highest BCUT2D eigenvalue weighted by molar-refractivity contribution is 5.87. The van der Waals surface area contributed by atoms with Crippen LogP contribution in [0.25, 0.3) is 0 Å². The van der Waals surface area contributed by atoms with Crippen molar-refractivity contribution in [2.24, 2.45) is 5.92 Å². The molecule has 38 heavy (non-hydrogen) atoms. The van der Waals surface area contributed by atoms with Gasteiger partial charge < -0.3 is 40.7 Å². The number of aliphatic hydroxyl groups excluding tert-OH is 3. The van der Waals surface area contributed by atoms with Gasteiger partial charge in [-0.05, 0) is 63.2 Å². The monoisotopic (exact) mass is 541 g/mol. The number of amides is 3. The van der Waals surface area contributed by atoms with Crippen LogP contribution in [0.2, 0.25) is 0 Å². The van der Waals surface area contributed by atoms with Crippen molar-refractivity contribution in [2.75, 3.05) is 46.1 Å². The summed E-state index contributed by atoms with van der Waals surface area (Å²) in [6.45, 7) is 12.2. The summed E-state index contributed by atoms with van der Waals surface area (Å²) >= 11 is 0. The molecule has 11 heteroatoms. The summed E-state index contributed by atoms with van der Waals surface area (Å²) in [5.41, 5.74) is 0. The van der Waals surface area contributed by atoms with Crippen molar-refractivity contribution in [1.82, 2.24) is 16.0 Å². The highest BCUT2D eigenvalue weighted by atomic mass is 16.5. The molecule has 0 saturated carbocycles. The fourth-order valence-electron chi connectivity index (χ4n) is 3.46. The average Bonchev–Trinajstić information content (AvgIpc) is 2.90. The number of aliphatic hydroxyl groups is 3. The number of rotatable bonds is 25. The lowest BCUT2D eigenvalue weighted by atomic mass is 10.00. The van der Waals surface area contributed by atoms with E-state index in [0.717, 1.165) is 0 Å². The molecular formula is C27H47N3O8. The van der Waals surface area contributed by atoms with Gasteiger partial charge in [-0.15, -0.1) is 0 Å². The molecular weight excluding hydrogens is 494 g/mol. The zero-order valence-corrected chi connectivity index (χ0v) is 22.4. The first-order chi connectivity index (χ1) is 18.2. The molecule has 0 rings (SSSR count). The Balaban J connectivity index is 4.46. The summed E-state index contributed by atoms with van der Waals surface area (Å²) in [4.78, 5) is 33.5. The molecule has 0 aromatic heterocycles. The van der Waals surface area contributed by atoms with E-state index in [2.05, 4.69) is 35.7 Å². The Bertz CT molecular complexity index is 664. The van der Waals surface area contributed by atoms with Gasteiger partial charge in [0, 0.05) is 25.6 Å². The van der Waals surface area contributed by atoms with Crippen LogP contribution in [0.1, 0.15) is 44.9 Å². The normalized spacial score (nSPS) is 14.0. The SMILES string of the molecule is C=CC(=O)NCCCC(O)COCC(COCC(O)CCCNC(=O)C=C)CC(O)CCCNC(=O)C=C. The van der Waals surface area contributed by atoms with Crippen molar-refractivity contribution >= 4 is 17.7 Å². The van der Waals surface area contributed by atoms with Crippen molar-refractivity contribution < 1.29 is 39.2 Å². The molecule has 11 nitrogen and oxygen atoms in total. The number of carbonyl (C=O) groups excluding carboxylic acids is 3. The van der Waals surface area contributed by atoms with Crippen LogP contribution in [-0.2, 0) is 23.9 Å². The molecule has 3 atom stereocenters. The van der Waals surface area contributed by atoms with E-state index < -0.39 is 18.3 Å². The fraction of sp³-hybridized carbons (Fsp3) is 0.667. The number of carbonyl (C=O) groups is 3. The van der Waals surface area contributed by atoms with Crippen LogP contribution < -0.4 is 16.0 Å². The zero-order valence-electron chi connectivity index (χ0n) is 22.4. The Morgan fingerprint density at radius 2 is 0.947 bits per heavy atom. The summed E-state index contributed by atoms with van der Waals surface area (Å²) in [6.07, 6.45) is 5.10. The number of hydrogen-bond acceptors (Lipinski definition) is 8. The Hall–Kier alpha value is -2.57. The molecule has 0 aliphatic rings. The smallest absolute Gasteiger partial charge is 0.243 e. The van der Waals surface area contributed by atoms with Crippen LogP contribution in [0.3, 0.4) is 0 Å². The van der Waals surface area contributed by atoms with Gasteiger partial charge in [-0.1, -0.05) is 19.7 Å². The van der Waals surface area contributed by atoms with E-state index in [-0.39, 0.29) is 50.1 Å². The average molecular weight is 542 g/mol. The van der Waals surface area contributed by atoms with Crippen molar-refractivity contribution in [1.29, 1.82) is 0 Å². The van der Waals surface area contributed by atoms with Gasteiger partial charge in [0.15, 0.2) is 0 Å². The van der Waals surface area contributed by atoms with Gasteiger partial charge in [0.05, 0.1) is 44.7 Å². The summed E-state index contributed by atoms with van der Waals surface area (Å²) in [5.74, 6) is -0.956. The van der Waals surface area contributed by atoms with E-state index in [1.807, 2.05) is 0 Å². The van der Waals surface area contributed by atoms with Gasteiger partial charge in [0.2, 0.25) is 17.7 Å². The van der Waals surface area contributed by atoms with Crippen LogP contribution in [-0.4, -0.2) is 97.4 Å². The minimum Gasteiger partial charge on any atom is -0.393 e. The maximum absolute atomic E-state index is 11.2. The maximum Gasteiger partial charge on any atom is 0.243 e. The van der Waals surface area contributed by atoms with Crippen LogP contribution in [0.15, 0.2) is 38.0 Å². The molecule has 0 aromatic rings. The molecule has 0 aromatic carbocycles. The van der Waals surface area contributed by atoms with Crippen LogP contribution >= 0.6 is 0 Å². The van der Waals surface area contributed by atoms with Gasteiger partial charge in [-0.25, -0.2) is 0 Å². The molecule has 0 spiro atoms. The molecule has 3 unspecified atom stereocenters. The lowest BCUT2D eigenvalue weighted by Gasteiger charge is -2.22. The van der Waals surface area contributed by atoms with Crippen molar-refractivity contribution in [2.45, 2.75) is 63.3 Å². The first kappa shape index (κ1) is 35.4. The fourth-order valence-corrected chi connectivity index (χ4v) is 3.46. The highest BCUT2D eigenvalue weighted by Crippen LogP contribution is 2.14. The molecule has 0 bridgehead atoms. The molecule has 3 amide bonds. The molecule has 0 aliphatic heterocycles. The van der Waals surface area contributed by atoms with Gasteiger partial charge >= 0.3 is 0 Å². The maximum atomic E-state index is 11.2. The third-order valence-corrected chi connectivity index (χ3v) is 5.53. The van der Waals surface area contributed by atoms with Crippen molar-refractivity contribution in [3.8, 4) is 0 Å². The van der Waals surface area contributed by atoms with E-state index in [4.69, 9.17) is 9.47 Å². The third kappa shape index (κ3) is 21.5. The second-order valence-corrected chi connectivity index (χ2v) is 9.05. The number of nitrogens with one attached hydrogen (secondary N) is 3. The minimum atomic E-state index is -0.695. The molecule has 0 saturated heterocycles. The molecule has 0 fully saturated rings. The Kier molecular flexibility index (Phi) is 21.9. The lowest BCUT2D eigenvalue weighted by molar-refractivity contribution is -0.117. The van der Waals surface area contributed by atoms with Crippen LogP contribution in [0, 0.1) is 5.92 Å². The van der Waals surface area contributed by atoms with E-state index in [1.54, 1.807) is 0 Å². The molecule has 6 N–H and O–H groups in total. The summed E-state index contributed by atoms with van der Waals surface area (Å²) in [7, 11) is 0. The number of ether oxygens (including phenoxy) is 2. The molecule has 218 valence electrons. The topological polar surface area (TPSA) is 166 Å². The molecule has 0 aliphatic carbocycles. The Morgan fingerprint density at radius 3 is 1.29 bits per heavy atom. The van der Waals surface area contributed by atoms with Crippen molar-refractivity contribution in [3.05, 3.63) is 38.0 Å². The van der Waals surface area contributed by atoms with Gasteiger partial charge in [0.25, 0.3) is 0 Å². The zero-order chi connectivity index (χ0) is 28.6. The molecule has 0 radical (unpaired) electrons. The predicted octanol–water partition coefficient (Wildman–Crippen LogP) is 0.356. The van der Waals surface area contributed by atoms with Crippen molar-refractivity contribution in [3.63, 3.8) is 0 Å². The van der Waals surface area contributed by atoms with Gasteiger partial charge in [-0.3, -0.25) is 14.4 Å². The van der Waals surface area contributed by atoms with Crippen LogP contribution in [0.5, 0.6) is 0 Å². The van der Waals surface area contributed by atoms with E-state index >= 15 is 0 Å². The lowest BCUT2D eigenvalue weighted by Crippen LogP contribution is -2.28. The van der Waals surface area contributed by atoms with E-state index in [1.165, 1.54) is 18.2 Å². The quantitative estimate of drug-likeness (QED) is 0.0712. The largest absolute Gasteiger partial charge is 0.393 e. The summed E-state index contributed by atoms with van der Waals surface area (Å²) < 4.78 is 11.4. The highest BCUT2D eigenvalue weighted by Gasteiger charge is 2.17. The Labute approximate surface area is 226 Å². The second-order valence-electron chi connectivity index (χ2n) is 9.05. The Morgan fingerprint density at radius 1 is 0.605 bits per heavy atom. The third-order valence-electron chi connectivity index (χ3n) is 5.53. The second kappa shape index (κ2) is 23.5. The first-order valence-corrected chi connectivity index (χ1v) is 13.1. The van der Waals surface area contributed by atoms with E-state index in [0.29, 0.717) is 64.6 Å². The van der Waals surface area contributed by atoms with E-state index in [9.17, 15) is 29.7 Å². The standard InChI is InChI=1S/C27H47N3O8/c1-4-25(34)28-13-7-10-22(31)16-21(17-37-19-23(32)11-8-14-29-26(35)5-2)18-38-20-24(33)12-9-15-30-27(36)6-3/h4-6,21-24,31-33H,1-3,7-20H2,(H,28,34)(H,29,35)(H,30,36). The van der Waals surface area contributed by atoms with Crippen LogP contribution in [0.4, 0.5) is 0 Å². The van der Waals surface area contributed by atoms with Gasteiger partial charge in [-0.2, -0.15) is 0 Å². The summed E-state index contributed by atoms with van der Waals surface area (Å²) in [6, 6.07) is 0. The minimum absolute atomic E-state index is 0.106. The predicted molar refractivity (Wildman–Crippen MR) is 145 cm³/mol. The molecule has 0 heterocycles. The summed E-state index contributed by atoms with van der Waals surface area (Å²) in [5, 5.41) is 38.7. The first-order valence-electron chi connectivity index (χ1n) is 13.1. The number of hydrogen-bond donors (Lipinski definition) is 6. The van der Waals surface area contributed by atoms with Gasteiger partial charge in [0.1, 0.15) is 0 Å².